The maximum Gasteiger partial charge on any atom is 0.0437 e. The minimum absolute atomic E-state index is 0.739. The van der Waals surface area contributed by atoms with Gasteiger partial charge in [0.05, 0.1) is 0 Å². The molecular weight excluding hydrogens is 182 g/mol. The molecule has 1 aliphatic rings. The molecule has 0 aliphatic heterocycles. The summed E-state index contributed by atoms with van der Waals surface area (Å²) in [6.07, 6.45) is 7.99. The fourth-order valence-electron chi connectivity index (χ4n) is 2.61. The molecule has 1 nitrogen and oxygen atoms in total. The molecule has 0 radical (unpaired) electrons. The summed E-state index contributed by atoms with van der Waals surface area (Å²) in [5, 5.41) is 0. The molecule has 1 aromatic heterocycles. The molecule has 1 aliphatic carbocycles. The highest BCUT2D eigenvalue weighted by molar-refractivity contribution is 5.23. The molecule has 0 amide bonds. The molecule has 2 rings (SSSR count). The number of hydrogen-bond acceptors (Lipinski definition) is 1. The van der Waals surface area contributed by atoms with Crippen LogP contribution in [0, 0.1) is 6.92 Å². The lowest BCUT2D eigenvalue weighted by molar-refractivity contribution is 0.436. The van der Waals surface area contributed by atoms with Gasteiger partial charge < -0.3 is 0 Å². The molecule has 0 N–H and O–H groups in total. The Hall–Kier alpha value is -0.850. The van der Waals surface area contributed by atoms with Gasteiger partial charge >= 0.3 is 0 Å². The van der Waals surface area contributed by atoms with E-state index in [-0.39, 0.29) is 0 Å². The third-order valence-electron chi connectivity index (χ3n) is 3.62. The minimum Gasteiger partial charge on any atom is -0.258 e. The highest BCUT2D eigenvalue weighted by Crippen LogP contribution is 2.31. The van der Waals surface area contributed by atoms with Crippen molar-refractivity contribution in [3.05, 3.63) is 29.1 Å². The Morgan fingerprint density at radius 3 is 2.53 bits per heavy atom. The Morgan fingerprint density at radius 1 is 1.20 bits per heavy atom. The quantitative estimate of drug-likeness (QED) is 0.708. The summed E-state index contributed by atoms with van der Waals surface area (Å²) >= 11 is 0. The molecule has 1 saturated carbocycles. The Morgan fingerprint density at radius 2 is 1.93 bits per heavy atom. The Balaban J connectivity index is 2.17. The van der Waals surface area contributed by atoms with Gasteiger partial charge in [0.1, 0.15) is 0 Å². The van der Waals surface area contributed by atoms with Gasteiger partial charge in [0, 0.05) is 17.3 Å². The molecule has 0 saturated heterocycles. The van der Waals surface area contributed by atoms with Crippen LogP contribution >= 0.6 is 0 Å². The first-order chi connectivity index (χ1) is 7.31. The van der Waals surface area contributed by atoms with Gasteiger partial charge in [-0.2, -0.15) is 0 Å². The van der Waals surface area contributed by atoms with Crippen LogP contribution in [0.3, 0.4) is 0 Å². The van der Waals surface area contributed by atoms with E-state index in [0.29, 0.717) is 0 Å². The zero-order chi connectivity index (χ0) is 10.7. The fourth-order valence-corrected chi connectivity index (χ4v) is 2.61. The summed E-state index contributed by atoms with van der Waals surface area (Å²) in [6, 6.07) is 4.52. The lowest BCUT2D eigenvalue weighted by Crippen LogP contribution is -2.07. The first kappa shape index (κ1) is 10.7. The lowest BCUT2D eigenvalue weighted by Gasteiger charge is -2.21. The van der Waals surface area contributed by atoms with Crippen LogP contribution in [0.15, 0.2) is 12.1 Å². The maximum atomic E-state index is 4.77. The van der Waals surface area contributed by atoms with Gasteiger partial charge in [-0.05, 0) is 37.8 Å². The average Bonchev–Trinajstić information content (AvgIpc) is 2.30. The second kappa shape index (κ2) is 4.78. The maximum absolute atomic E-state index is 4.77. The lowest BCUT2D eigenvalue weighted by atomic mass is 9.86. The summed E-state index contributed by atoms with van der Waals surface area (Å²) in [4.78, 5) is 4.77. The largest absolute Gasteiger partial charge is 0.258 e. The standard InChI is InChI=1S/C14H21N/c1-3-12-9-10-14(15-11(12)2)13-7-5-4-6-8-13/h9-10,13H,3-8H2,1-2H3. The smallest absolute Gasteiger partial charge is 0.0437 e. The molecule has 0 spiro atoms. The van der Waals surface area contributed by atoms with Crippen LogP contribution in [-0.2, 0) is 6.42 Å². The molecule has 1 fully saturated rings. The SMILES string of the molecule is CCc1ccc(C2CCCCC2)nc1C. The molecule has 0 bridgehead atoms. The van der Waals surface area contributed by atoms with Crippen molar-refractivity contribution in [1.82, 2.24) is 4.98 Å². The molecule has 1 heteroatoms. The topological polar surface area (TPSA) is 12.9 Å². The molecule has 1 heterocycles. The van der Waals surface area contributed by atoms with Crippen LogP contribution in [0.2, 0.25) is 0 Å². The van der Waals surface area contributed by atoms with E-state index in [9.17, 15) is 0 Å². The van der Waals surface area contributed by atoms with Crippen LogP contribution in [0.25, 0.3) is 0 Å². The molecule has 15 heavy (non-hydrogen) atoms. The zero-order valence-electron chi connectivity index (χ0n) is 9.92. The summed E-state index contributed by atoms with van der Waals surface area (Å²) in [6.45, 7) is 4.34. The number of aryl methyl sites for hydroxylation is 2. The van der Waals surface area contributed by atoms with E-state index < -0.39 is 0 Å². The molecule has 0 unspecified atom stereocenters. The second-order valence-corrected chi connectivity index (χ2v) is 4.67. The van der Waals surface area contributed by atoms with Gasteiger partial charge in [-0.1, -0.05) is 32.3 Å². The van der Waals surface area contributed by atoms with E-state index in [1.165, 1.54) is 49.1 Å². The molecule has 1 aromatic rings. The van der Waals surface area contributed by atoms with E-state index in [4.69, 9.17) is 4.98 Å². The fraction of sp³-hybridized carbons (Fsp3) is 0.643. The van der Waals surface area contributed by atoms with Crippen molar-refractivity contribution < 1.29 is 0 Å². The van der Waals surface area contributed by atoms with Gasteiger partial charge in [-0.25, -0.2) is 0 Å². The predicted molar refractivity (Wildman–Crippen MR) is 64.2 cm³/mol. The Labute approximate surface area is 92.9 Å². The number of hydrogen-bond donors (Lipinski definition) is 0. The van der Waals surface area contributed by atoms with Crippen LogP contribution in [-0.4, -0.2) is 4.98 Å². The highest BCUT2D eigenvalue weighted by atomic mass is 14.7. The minimum atomic E-state index is 0.739. The van der Waals surface area contributed by atoms with Crippen molar-refractivity contribution in [2.24, 2.45) is 0 Å². The Bertz CT molecular complexity index is 324. The monoisotopic (exact) mass is 203 g/mol. The molecular formula is C14H21N. The van der Waals surface area contributed by atoms with Crippen molar-refractivity contribution in [1.29, 1.82) is 0 Å². The second-order valence-electron chi connectivity index (χ2n) is 4.67. The summed E-state index contributed by atoms with van der Waals surface area (Å²) < 4.78 is 0. The number of aromatic nitrogens is 1. The van der Waals surface area contributed by atoms with E-state index in [1.807, 2.05) is 0 Å². The van der Waals surface area contributed by atoms with E-state index in [1.54, 1.807) is 0 Å². The van der Waals surface area contributed by atoms with Crippen molar-refractivity contribution in [2.75, 3.05) is 0 Å². The van der Waals surface area contributed by atoms with Crippen LogP contribution < -0.4 is 0 Å². The van der Waals surface area contributed by atoms with Crippen molar-refractivity contribution in [2.45, 2.75) is 58.3 Å². The summed E-state index contributed by atoms with van der Waals surface area (Å²) in [5.74, 6) is 0.739. The van der Waals surface area contributed by atoms with Crippen molar-refractivity contribution in [3.63, 3.8) is 0 Å². The van der Waals surface area contributed by atoms with Crippen molar-refractivity contribution in [3.8, 4) is 0 Å². The molecule has 0 atom stereocenters. The van der Waals surface area contributed by atoms with Gasteiger partial charge in [0.2, 0.25) is 0 Å². The van der Waals surface area contributed by atoms with Gasteiger partial charge in [-0.3, -0.25) is 4.98 Å². The van der Waals surface area contributed by atoms with E-state index in [0.717, 1.165) is 12.3 Å². The zero-order valence-corrected chi connectivity index (χ0v) is 9.92. The van der Waals surface area contributed by atoms with E-state index >= 15 is 0 Å². The highest BCUT2D eigenvalue weighted by Gasteiger charge is 2.16. The van der Waals surface area contributed by atoms with Crippen LogP contribution in [0.4, 0.5) is 0 Å². The van der Waals surface area contributed by atoms with Gasteiger partial charge in [-0.15, -0.1) is 0 Å². The summed E-state index contributed by atoms with van der Waals surface area (Å²) in [5.41, 5.74) is 3.97. The number of rotatable bonds is 2. The number of nitrogens with zero attached hydrogens (tertiary/aromatic N) is 1. The van der Waals surface area contributed by atoms with E-state index in [2.05, 4.69) is 26.0 Å². The third kappa shape index (κ3) is 2.39. The van der Waals surface area contributed by atoms with Crippen molar-refractivity contribution >= 4 is 0 Å². The first-order valence-electron chi connectivity index (χ1n) is 6.27. The molecule has 82 valence electrons. The normalized spacial score (nSPS) is 18.0. The van der Waals surface area contributed by atoms with Crippen LogP contribution in [0.5, 0.6) is 0 Å². The summed E-state index contributed by atoms with van der Waals surface area (Å²) in [7, 11) is 0. The van der Waals surface area contributed by atoms with Gasteiger partial charge in [0.25, 0.3) is 0 Å². The Kier molecular flexibility index (Phi) is 3.40. The van der Waals surface area contributed by atoms with Gasteiger partial charge in [0.15, 0.2) is 0 Å². The molecule has 0 aromatic carbocycles. The predicted octanol–water partition coefficient (Wildman–Crippen LogP) is 4.00. The van der Waals surface area contributed by atoms with Crippen LogP contribution in [0.1, 0.15) is 61.9 Å². The third-order valence-corrected chi connectivity index (χ3v) is 3.62. The number of pyridine rings is 1. The average molecular weight is 203 g/mol. The first-order valence-corrected chi connectivity index (χ1v) is 6.27.